The van der Waals surface area contributed by atoms with E-state index in [1.54, 1.807) is 0 Å². The highest BCUT2D eigenvalue weighted by Gasteiger charge is 2.49. The van der Waals surface area contributed by atoms with E-state index in [4.69, 9.17) is 4.74 Å². The minimum absolute atomic E-state index is 0.0886. The van der Waals surface area contributed by atoms with E-state index >= 15 is 0 Å². The molecule has 3 rings (SSSR count). The lowest BCUT2D eigenvalue weighted by molar-refractivity contribution is -0.150. The highest BCUT2D eigenvalue weighted by Crippen LogP contribution is 2.46. The van der Waals surface area contributed by atoms with Crippen LogP contribution in [0.5, 0.6) is 0 Å². The molecule has 2 fully saturated rings. The van der Waals surface area contributed by atoms with Crippen molar-refractivity contribution in [1.29, 1.82) is 0 Å². The maximum atomic E-state index is 12.4. The lowest BCUT2D eigenvalue weighted by atomic mass is 9.74. The summed E-state index contributed by atoms with van der Waals surface area (Å²) in [5, 5.41) is 0. The second-order valence-corrected chi connectivity index (χ2v) is 6.25. The summed E-state index contributed by atoms with van der Waals surface area (Å²) in [6.45, 7) is 4.31. The number of piperidine rings is 1. The number of allylic oxidation sites excluding steroid dienone is 1. The number of rotatable bonds is 3. The SMILES string of the molecule is C=C(c1ccccc1)[C@H]1C[C@@H]2CC[C@H]([C@H]1C(=O)OC)N2C. The van der Waals surface area contributed by atoms with Crippen molar-refractivity contribution in [2.45, 2.75) is 31.3 Å². The average Bonchev–Trinajstić information content (AvgIpc) is 2.76. The van der Waals surface area contributed by atoms with Crippen LogP contribution in [0, 0.1) is 11.8 Å². The first-order valence-electron chi connectivity index (χ1n) is 7.67. The molecule has 2 aliphatic heterocycles. The third-order valence-corrected chi connectivity index (χ3v) is 5.33. The average molecular weight is 285 g/mol. The van der Waals surface area contributed by atoms with Crippen LogP contribution >= 0.6 is 0 Å². The van der Waals surface area contributed by atoms with Gasteiger partial charge in [-0.3, -0.25) is 9.69 Å². The third kappa shape index (κ3) is 2.40. The summed E-state index contributed by atoms with van der Waals surface area (Å²) < 4.78 is 5.10. The van der Waals surface area contributed by atoms with Crippen LogP contribution in [0.2, 0.25) is 0 Å². The quantitative estimate of drug-likeness (QED) is 0.800. The number of esters is 1. The fourth-order valence-corrected chi connectivity index (χ4v) is 4.15. The van der Waals surface area contributed by atoms with Crippen LogP contribution in [0.25, 0.3) is 5.57 Å². The number of carbonyl (C=O) groups excluding carboxylic acids is 1. The Hall–Kier alpha value is -1.61. The fraction of sp³-hybridized carbons (Fsp3) is 0.500. The Morgan fingerprint density at radius 3 is 2.67 bits per heavy atom. The molecule has 1 aromatic carbocycles. The Morgan fingerprint density at radius 1 is 1.29 bits per heavy atom. The van der Waals surface area contributed by atoms with Gasteiger partial charge in [0, 0.05) is 18.0 Å². The predicted octanol–water partition coefficient (Wildman–Crippen LogP) is 2.97. The van der Waals surface area contributed by atoms with E-state index in [1.807, 2.05) is 18.2 Å². The van der Waals surface area contributed by atoms with Gasteiger partial charge >= 0.3 is 5.97 Å². The molecule has 2 bridgehead atoms. The van der Waals surface area contributed by atoms with Crippen LogP contribution < -0.4 is 0 Å². The van der Waals surface area contributed by atoms with E-state index in [1.165, 1.54) is 13.5 Å². The van der Waals surface area contributed by atoms with E-state index < -0.39 is 0 Å². The number of hydrogen-bond donors (Lipinski definition) is 0. The van der Waals surface area contributed by atoms with E-state index in [2.05, 4.69) is 30.7 Å². The second-order valence-electron chi connectivity index (χ2n) is 6.25. The number of methoxy groups -OCH3 is 1. The molecule has 21 heavy (non-hydrogen) atoms. The fourth-order valence-electron chi connectivity index (χ4n) is 4.15. The van der Waals surface area contributed by atoms with Crippen LogP contribution in [0.3, 0.4) is 0 Å². The lowest BCUT2D eigenvalue weighted by Crippen LogP contribution is -2.50. The second kappa shape index (κ2) is 5.64. The van der Waals surface area contributed by atoms with Gasteiger partial charge in [-0.2, -0.15) is 0 Å². The van der Waals surface area contributed by atoms with Gasteiger partial charge < -0.3 is 4.74 Å². The molecule has 0 spiro atoms. The predicted molar refractivity (Wildman–Crippen MR) is 83.7 cm³/mol. The molecule has 3 heteroatoms. The maximum Gasteiger partial charge on any atom is 0.310 e. The molecule has 0 amide bonds. The summed E-state index contributed by atoms with van der Waals surface area (Å²) in [6, 6.07) is 11.1. The van der Waals surface area contributed by atoms with E-state index in [-0.39, 0.29) is 17.8 Å². The first-order chi connectivity index (χ1) is 10.1. The summed E-state index contributed by atoms with van der Waals surface area (Å²) >= 11 is 0. The maximum absolute atomic E-state index is 12.4. The van der Waals surface area contributed by atoms with Crippen molar-refractivity contribution >= 4 is 11.5 Å². The highest BCUT2D eigenvalue weighted by molar-refractivity contribution is 5.79. The molecule has 0 unspecified atom stereocenters. The van der Waals surface area contributed by atoms with Gasteiger partial charge in [-0.25, -0.2) is 0 Å². The van der Waals surface area contributed by atoms with E-state index in [9.17, 15) is 4.79 Å². The van der Waals surface area contributed by atoms with Gasteiger partial charge in [-0.15, -0.1) is 0 Å². The zero-order valence-corrected chi connectivity index (χ0v) is 12.8. The van der Waals surface area contributed by atoms with Crippen molar-refractivity contribution in [3.05, 3.63) is 42.5 Å². The number of nitrogens with zero attached hydrogens (tertiary/aromatic N) is 1. The summed E-state index contributed by atoms with van der Waals surface area (Å²) in [5.74, 6) is 0.00860. The lowest BCUT2D eigenvalue weighted by Gasteiger charge is -2.42. The van der Waals surface area contributed by atoms with Crippen LogP contribution in [0.1, 0.15) is 24.8 Å². The molecule has 112 valence electrons. The smallest absolute Gasteiger partial charge is 0.310 e. The topological polar surface area (TPSA) is 29.5 Å². The number of hydrogen-bond acceptors (Lipinski definition) is 3. The molecule has 2 aliphatic rings. The molecule has 3 nitrogen and oxygen atoms in total. The van der Waals surface area contributed by atoms with Gasteiger partial charge in [-0.05, 0) is 37.4 Å². The van der Waals surface area contributed by atoms with Gasteiger partial charge in [0.25, 0.3) is 0 Å². The van der Waals surface area contributed by atoms with Crippen LogP contribution in [-0.2, 0) is 9.53 Å². The van der Waals surface area contributed by atoms with E-state index in [0.717, 1.165) is 24.0 Å². The summed E-state index contributed by atoms with van der Waals surface area (Å²) in [5.41, 5.74) is 2.22. The monoisotopic (exact) mass is 285 g/mol. The van der Waals surface area contributed by atoms with Gasteiger partial charge in [0.2, 0.25) is 0 Å². The first kappa shape index (κ1) is 14.3. The van der Waals surface area contributed by atoms with Crippen molar-refractivity contribution in [2.24, 2.45) is 11.8 Å². The molecule has 0 saturated carbocycles. The number of benzene rings is 1. The molecule has 2 saturated heterocycles. The van der Waals surface area contributed by atoms with Crippen molar-refractivity contribution in [3.63, 3.8) is 0 Å². The zero-order valence-electron chi connectivity index (χ0n) is 12.8. The molecular formula is C18H23NO2. The van der Waals surface area contributed by atoms with Crippen LogP contribution in [0.4, 0.5) is 0 Å². The molecule has 0 radical (unpaired) electrons. The van der Waals surface area contributed by atoms with Gasteiger partial charge in [0.15, 0.2) is 0 Å². The van der Waals surface area contributed by atoms with Crippen molar-refractivity contribution in [2.75, 3.05) is 14.2 Å². The minimum atomic E-state index is -0.0912. The highest BCUT2D eigenvalue weighted by atomic mass is 16.5. The summed E-state index contributed by atoms with van der Waals surface area (Å²) in [6.07, 6.45) is 3.26. The Bertz CT molecular complexity index is 539. The normalized spacial score (nSPS) is 31.9. The molecule has 0 N–H and O–H groups in total. The Kier molecular flexibility index (Phi) is 3.85. The molecular weight excluding hydrogens is 262 g/mol. The standard InChI is InChI=1S/C18H23NO2/c1-12(13-7-5-4-6-8-13)15-11-14-9-10-16(19(14)2)17(15)18(20)21-3/h4-8,14-17H,1,9-11H2,2-3H3/t14-,15+,16+,17-/m0/s1. The number of ether oxygens (including phenoxy) is 1. The molecule has 0 aromatic heterocycles. The number of carbonyl (C=O) groups is 1. The number of fused-ring (bicyclic) bond motifs is 2. The van der Waals surface area contributed by atoms with Gasteiger partial charge in [0.05, 0.1) is 13.0 Å². The first-order valence-corrected chi connectivity index (χ1v) is 7.67. The summed E-state index contributed by atoms with van der Waals surface area (Å²) in [4.78, 5) is 14.7. The van der Waals surface area contributed by atoms with Crippen molar-refractivity contribution in [3.8, 4) is 0 Å². The Labute approximate surface area is 126 Å². The summed E-state index contributed by atoms with van der Waals surface area (Å²) in [7, 11) is 3.63. The largest absolute Gasteiger partial charge is 0.469 e. The van der Waals surface area contributed by atoms with Crippen molar-refractivity contribution in [1.82, 2.24) is 4.90 Å². The van der Waals surface area contributed by atoms with E-state index in [0.29, 0.717) is 12.1 Å². The Morgan fingerprint density at radius 2 is 2.00 bits per heavy atom. The minimum Gasteiger partial charge on any atom is -0.469 e. The van der Waals surface area contributed by atoms with Crippen LogP contribution in [0.15, 0.2) is 36.9 Å². The molecule has 1 aromatic rings. The Balaban J connectivity index is 1.92. The molecule has 0 aliphatic carbocycles. The third-order valence-electron chi connectivity index (χ3n) is 5.33. The van der Waals surface area contributed by atoms with Crippen molar-refractivity contribution < 1.29 is 9.53 Å². The van der Waals surface area contributed by atoms with Gasteiger partial charge in [0.1, 0.15) is 0 Å². The van der Waals surface area contributed by atoms with Crippen LogP contribution in [-0.4, -0.2) is 37.1 Å². The zero-order chi connectivity index (χ0) is 15.0. The molecule has 4 atom stereocenters. The molecule has 2 heterocycles. The van der Waals surface area contributed by atoms with Gasteiger partial charge in [-0.1, -0.05) is 36.9 Å².